The zero-order chi connectivity index (χ0) is 14.4. The van der Waals surface area contributed by atoms with Gasteiger partial charge in [0.1, 0.15) is 0 Å². The van der Waals surface area contributed by atoms with E-state index in [1.54, 1.807) is 18.2 Å². The number of carbonyl (C=O) groups excluding carboxylic acids is 2. The van der Waals surface area contributed by atoms with E-state index in [1.807, 2.05) is 0 Å². The molecule has 19 heavy (non-hydrogen) atoms. The molecule has 0 saturated heterocycles. The molecule has 2 amide bonds. The van der Waals surface area contributed by atoms with Gasteiger partial charge in [-0.05, 0) is 12.1 Å². The van der Waals surface area contributed by atoms with Crippen LogP contribution >= 0.6 is 23.2 Å². The minimum absolute atomic E-state index is 0.0398. The van der Waals surface area contributed by atoms with E-state index < -0.39 is 12.0 Å². The summed E-state index contributed by atoms with van der Waals surface area (Å²) in [6.07, 6.45) is -1.01. The van der Waals surface area contributed by atoms with Crippen molar-refractivity contribution in [2.45, 2.75) is 13.0 Å². The van der Waals surface area contributed by atoms with Crippen molar-refractivity contribution < 1.29 is 14.7 Å². The SMILES string of the molecule is CC(=O)NCC(=O)NCC(O)c1c(Cl)cccc1Cl. The molecular formula is C12H14Cl2N2O3. The van der Waals surface area contributed by atoms with Crippen LogP contribution in [0.2, 0.25) is 10.0 Å². The van der Waals surface area contributed by atoms with E-state index in [0.29, 0.717) is 15.6 Å². The molecule has 1 aromatic carbocycles. The van der Waals surface area contributed by atoms with Crippen LogP contribution in [0, 0.1) is 0 Å². The van der Waals surface area contributed by atoms with Crippen molar-refractivity contribution in [2.75, 3.05) is 13.1 Å². The molecule has 0 heterocycles. The minimum Gasteiger partial charge on any atom is -0.386 e. The number of rotatable bonds is 5. The molecule has 0 fully saturated rings. The average Bonchev–Trinajstić information content (AvgIpc) is 2.33. The summed E-state index contributed by atoms with van der Waals surface area (Å²) in [5, 5.41) is 15.4. The fourth-order valence-corrected chi connectivity index (χ4v) is 2.06. The summed E-state index contributed by atoms with van der Waals surface area (Å²) in [5.74, 6) is -0.706. The second-order valence-electron chi connectivity index (χ2n) is 3.86. The second-order valence-corrected chi connectivity index (χ2v) is 4.68. The van der Waals surface area contributed by atoms with E-state index in [4.69, 9.17) is 23.2 Å². The van der Waals surface area contributed by atoms with E-state index >= 15 is 0 Å². The van der Waals surface area contributed by atoms with Gasteiger partial charge in [0, 0.05) is 29.1 Å². The molecule has 7 heteroatoms. The second kappa shape index (κ2) is 7.33. The van der Waals surface area contributed by atoms with Gasteiger partial charge in [-0.2, -0.15) is 0 Å². The van der Waals surface area contributed by atoms with E-state index in [0.717, 1.165) is 0 Å². The number of hydrogen-bond donors (Lipinski definition) is 3. The zero-order valence-electron chi connectivity index (χ0n) is 10.2. The maximum absolute atomic E-state index is 11.4. The van der Waals surface area contributed by atoms with Gasteiger partial charge in [-0.25, -0.2) is 0 Å². The predicted molar refractivity (Wildman–Crippen MR) is 73.1 cm³/mol. The Morgan fingerprint density at radius 3 is 2.37 bits per heavy atom. The third-order valence-electron chi connectivity index (χ3n) is 2.32. The Labute approximate surface area is 120 Å². The maximum Gasteiger partial charge on any atom is 0.239 e. The summed E-state index contributed by atoms with van der Waals surface area (Å²) in [6, 6.07) is 4.87. The monoisotopic (exact) mass is 304 g/mol. The molecule has 1 rings (SSSR count). The number of halogens is 2. The molecule has 0 radical (unpaired) electrons. The lowest BCUT2D eigenvalue weighted by atomic mass is 10.1. The first-order valence-corrected chi connectivity index (χ1v) is 6.30. The molecule has 0 spiro atoms. The third kappa shape index (κ3) is 5.06. The highest BCUT2D eigenvalue weighted by atomic mass is 35.5. The van der Waals surface area contributed by atoms with Crippen molar-refractivity contribution in [1.82, 2.24) is 10.6 Å². The van der Waals surface area contributed by atoms with Crippen LogP contribution in [-0.4, -0.2) is 30.0 Å². The molecule has 0 bridgehead atoms. The number of amides is 2. The Morgan fingerprint density at radius 2 is 1.84 bits per heavy atom. The van der Waals surface area contributed by atoms with Gasteiger partial charge in [-0.1, -0.05) is 29.3 Å². The minimum atomic E-state index is -1.01. The summed E-state index contributed by atoms with van der Waals surface area (Å²) in [6.45, 7) is 1.13. The highest BCUT2D eigenvalue weighted by Gasteiger charge is 2.16. The van der Waals surface area contributed by atoms with Gasteiger partial charge in [0.2, 0.25) is 11.8 Å². The fraction of sp³-hybridized carbons (Fsp3) is 0.333. The molecule has 1 unspecified atom stereocenters. The highest BCUT2D eigenvalue weighted by Crippen LogP contribution is 2.29. The molecule has 0 aliphatic heterocycles. The summed E-state index contributed by atoms with van der Waals surface area (Å²) in [4.78, 5) is 22.0. The van der Waals surface area contributed by atoms with Crippen LogP contribution in [0.3, 0.4) is 0 Å². The Kier molecular flexibility index (Phi) is 6.08. The third-order valence-corrected chi connectivity index (χ3v) is 2.98. The quantitative estimate of drug-likeness (QED) is 0.767. The lowest BCUT2D eigenvalue weighted by molar-refractivity contribution is -0.125. The Balaban J connectivity index is 2.54. The molecule has 0 aliphatic carbocycles. The average molecular weight is 305 g/mol. The van der Waals surface area contributed by atoms with Gasteiger partial charge in [-0.3, -0.25) is 9.59 Å². The van der Waals surface area contributed by atoms with E-state index in [-0.39, 0.29) is 19.0 Å². The van der Waals surface area contributed by atoms with Crippen molar-refractivity contribution >= 4 is 35.0 Å². The van der Waals surface area contributed by atoms with E-state index in [9.17, 15) is 14.7 Å². The van der Waals surface area contributed by atoms with Crippen molar-refractivity contribution in [2.24, 2.45) is 0 Å². The molecule has 0 aliphatic rings. The summed E-state index contributed by atoms with van der Waals surface area (Å²) >= 11 is 11.9. The summed E-state index contributed by atoms with van der Waals surface area (Å²) in [7, 11) is 0. The zero-order valence-corrected chi connectivity index (χ0v) is 11.8. The number of benzene rings is 1. The van der Waals surface area contributed by atoms with E-state index in [2.05, 4.69) is 10.6 Å². The standard InChI is InChI=1S/C12H14Cl2N2O3/c1-7(17)15-6-11(19)16-5-10(18)12-8(13)3-2-4-9(12)14/h2-4,10,18H,5-6H2,1H3,(H,15,17)(H,16,19). The lowest BCUT2D eigenvalue weighted by Gasteiger charge is -2.15. The van der Waals surface area contributed by atoms with Gasteiger partial charge in [0.05, 0.1) is 12.6 Å². The number of carbonyl (C=O) groups is 2. The number of aliphatic hydroxyl groups excluding tert-OH is 1. The van der Waals surface area contributed by atoms with E-state index in [1.165, 1.54) is 6.92 Å². The van der Waals surface area contributed by atoms with Crippen molar-refractivity contribution in [3.63, 3.8) is 0 Å². The topological polar surface area (TPSA) is 78.4 Å². The van der Waals surface area contributed by atoms with Crippen molar-refractivity contribution in [3.05, 3.63) is 33.8 Å². The van der Waals surface area contributed by atoms with Crippen LogP contribution in [-0.2, 0) is 9.59 Å². The van der Waals surface area contributed by atoms with Crippen molar-refractivity contribution in [3.8, 4) is 0 Å². The predicted octanol–water partition coefficient (Wildman–Crippen LogP) is 1.28. The Bertz CT molecular complexity index is 460. The number of aliphatic hydroxyl groups is 1. The van der Waals surface area contributed by atoms with Crippen LogP contribution < -0.4 is 10.6 Å². The van der Waals surface area contributed by atoms with Crippen LogP contribution in [0.15, 0.2) is 18.2 Å². The van der Waals surface area contributed by atoms with Crippen LogP contribution in [0.1, 0.15) is 18.6 Å². The van der Waals surface area contributed by atoms with Crippen LogP contribution in [0.5, 0.6) is 0 Å². The number of hydrogen-bond acceptors (Lipinski definition) is 3. The molecule has 3 N–H and O–H groups in total. The molecule has 5 nitrogen and oxygen atoms in total. The first kappa shape index (κ1) is 15.8. The van der Waals surface area contributed by atoms with Gasteiger partial charge < -0.3 is 15.7 Å². The molecule has 1 aromatic rings. The molecule has 1 atom stereocenters. The van der Waals surface area contributed by atoms with Gasteiger partial charge in [-0.15, -0.1) is 0 Å². The first-order valence-electron chi connectivity index (χ1n) is 5.55. The summed E-state index contributed by atoms with van der Waals surface area (Å²) < 4.78 is 0. The lowest BCUT2D eigenvalue weighted by Crippen LogP contribution is -2.37. The van der Waals surface area contributed by atoms with Gasteiger partial charge >= 0.3 is 0 Å². The molecular weight excluding hydrogens is 291 g/mol. The maximum atomic E-state index is 11.4. The molecule has 104 valence electrons. The fourth-order valence-electron chi connectivity index (χ4n) is 1.41. The Hall–Kier alpha value is -1.30. The smallest absolute Gasteiger partial charge is 0.239 e. The van der Waals surface area contributed by atoms with Gasteiger partial charge in [0.15, 0.2) is 0 Å². The largest absolute Gasteiger partial charge is 0.386 e. The Morgan fingerprint density at radius 1 is 1.26 bits per heavy atom. The summed E-state index contributed by atoms with van der Waals surface area (Å²) in [5.41, 5.74) is 0.366. The number of nitrogens with one attached hydrogen (secondary N) is 2. The highest BCUT2D eigenvalue weighted by molar-refractivity contribution is 6.36. The molecule has 0 aromatic heterocycles. The normalized spacial score (nSPS) is 11.8. The van der Waals surface area contributed by atoms with Crippen molar-refractivity contribution in [1.29, 1.82) is 0 Å². The first-order chi connectivity index (χ1) is 8.91. The molecule has 0 saturated carbocycles. The van der Waals surface area contributed by atoms with Crippen LogP contribution in [0.25, 0.3) is 0 Å². The van der Waals surface area contributed by atoms with Crippen LogP contribution in [0.4, 0.5) is 0 Å². The van der Waals surface area contributed by atoms with Gasteiger partial charge in [0.25, 0.3) is 0 Å².